The quantitative estimate of drug-likeness (QED) is 0.192. The van der Waals surface area contributed by atoms with Crippen molar-refractivity contribution in [2.24, 2.45) is 0 Å². The Balaban J connectivity index is 2.03. The fraction of sp³-hybridized carbons (Fsp3) is 0.606. The summed E-state index contributed by atoms with van der Waals surface area (Å²) in [5.41, 5.74) is 7.09. The first-order valence-corrected chi connectivity index (χ1v) is 14.3. The van der Waals surface area contributed by atoms with Gasteiger partial charge in [0.1, 0.15) is 17.1 Å². The average Bonchev–Trinajstić information content (AvgIpc) is 2.84. The van der Waals surface area contributed by atoms with Crippen molar-refractivity contribution in [1.29, 1.82) is 0 Å². The van der Waals surface area contributed by atoms with E-state index in [1.54, 1.807) is 13.0 Å². The van der Waals surface area contributed by atoms with E-state index < -0.39 is 5.97 Å². The number of carboxylic acid groups (broad SMARTS) is 1. The van der Waals surface area contributed by atoms with Crippen molar-refractivity contribution in [3.8, 4) is 11.5 Å². The SMILES string of the molecule is C/C(=C\CC/C(C)=C/CC[C@]1(C)CCc2c(CN(C)C)c(O)c(CN(C)C)c(C)c2O1)CC/C=C(\C)C(=O)O. The Kier molecular flexibility index (Phi) is 12.3. The Morgan fingerprint density at radius 2 is 1.46 bits per heavy atom. The molecular weight excluding hydrogens is 488 g/mol. The Labute approximate surface area is 237 Å². The van der Waals surface area contributed by atoms with Gasteiger partial charge in [0.2, 0.25) is 0 Å². The van der Waals surface area contributed by atoms with Crippen LogP contribution < -0.4 is 4.74 Å². The van der Waals surface area contributed by atoms with E-state index in [1.165, 1.54) is 16.7 Å². The van der Waals surface area contributed by atoms with Gasteiger partial charge in [0.25, 0.3) is 0 Å². The third kappa shape index (κ3) is 9.84. The van der Waals surface area contributed by atoms with Gasteiger partial charge in [-0.05, 0) is 120 Å². The van der Waals surface area contributed by atoms with Gasteiger partial charge in [-0.2, -0.15) is 0 Å². The van der Waals surface area contributed by atoms with Crippen LogP contribution in [0.3, 0.4) is 0 Å². The highest BCUT2D eigenvalue weighted by molar-refractivity contribution is 5.85. The van der Waals surface area contributed by atoms with Gasteiger partial charge < -0.3 is 24.7 Å². The lowest BCUT2D eigenvalue weighted by molar-refractivity contribution is -0.132. The van der Waals surface area contributed by atoms with Crippen molar-refractivity contribution in [3.63, 3.8) is 0 Å². The molecule has 218 valence electrons. The number of hydrogen-bond donors (Lipinski definition) is 2. The Morgan fingerprint density at radius 3 is 2.03 bits per heavy atom. The third-order valence-electron chi connectivity index (χ3n) is 7.73. The zero-order chi connectivity index (χ0) is 29.3. The van der Waals surface area contributed by atoms with Crippen molar-refractivity contribution in [1.82, 2.24) is 9.80 Å². The van der Waals surface area contributed by atoms with E-state index in [0.717, 1.165) is 73.8 Å². The number of allylic oxidation sites excluding steroid dienone is 5. The fourth-order valence-electron chi connectivity index (χ4n) is 5.24. The molecule has 1 heterocycles. The first-order valence-electron chi connectivity index (χ1n) is 14.3. The molecule has 0 saturated carbocycles. The number of benzene rings is 1. The Bertz CT molecular complexity index is 1100. The average molecular weight is 541 g/mol. The van der Waals surface area contributed by atoms with Gasteiger partial charge in [-0.1, -0.05) is 29.4 Å². The van der Waals surface area contributed by atoms with E-state index in [1.807, 2.05) is 28.2 Å². The molecule has 1 atom stereocenters. The molecule has 0 bridgehead atoms. The highest BCUT2D eigenvalue weighted by Crippen LogP contribution is 2.45. The lowest BCUT2D eigenvalue weighted by Crippen LogP contribution is -2.37. The van der Waals surface area contributed by atoms with E-state index in [-0.39, 0.29) is 5.60 Å². The molecule has 0 fully saturated rings. The molecule has 6 nitrogen and oxygen atoms in total. The minimum atomic E-state index is -0.841. The standard InChI is InChI=1S/C33H52N2O4/c1-23(15-11-17-25(3)32(37)38)13-10-14-24(2)16-12-19-33(5)20-18-27-29(22-35(8)9)30(36)28(21-34(6)7)26(4)31(27)39-33/h13,16-17,36H,10-12,14-15,18-22H2,1-9H3,(H,37,38)/b23-13+,24-16+,25-17+/t33-/m1/s1. The second-order valence-electron chi connectivity index (χ2n) is 12.2. The molecule has 0 saturated heterocycles. The van der Waals surface area contributed by atoms with Crippen LogP contribution in [0.1, 0.15) is 94.9 Å². The first kappa shape index (κ1) is 32.6. The van der Waals surface area contributed by atoms with Crippen LogP contribution in [0, 0.1) is 6.92 Å². The van der Waals surface area contributed by atoms with Crippen LogP contribution in [-0.2, 0) is 24.3 Å². The van der Waals surface area contributed by atoms with E-state index in [2.05, 4.69) is 49.6 Å². The van der Waals surface area contributed by atoms with E-state index in [4.69, 9.17) is 9.84 Å². The predicted molar refractivity (Wildman–Crippen MR) is 162 cm³/mol. The van der Waals surface area contributed by atoms with Gasteiger partial charge >= 0.3 is 5.97 Å². The number of fused-ring (bicyclic) bond motifs is 1. The van der Waals surface area contributed by atoms with Crippen LogP contribution in [-0.4, -0.2) is 59.8 Å². The Morgan fingerprint density at radius 1 is 0.923 bits per heavy atom. The summed E-state index contributed by atoms with van der Waals surface area (Å²) >= 11 is 0. The molecule has 0 spiro atoms. The van der Waals surface area contributed by atoms with Gasteiger partial charge in [0.05, 0.1) is 0 Å². The molecule has 1 aromatic rings. The number of rotatable bonds is 14. The summed E-state index contributed by atoms with van der Waals surface area (Å²) in [7, 11) is 8.14. The zero-order valence-corrected chi connectivity index (χ0v) is 25.9. The van der Waals surface area contributed by atoms with E-state index >= 15 is 0 Å². The van der Waals surface area contributed by atoms with Crippen molar-refractivity contribution >= 4 is 5.97 Å². The summed E-state index contributed by atoms with van der Waals surface area (Å²) in [4.78, 5) is 15.1. The number of phenolic OH excluding ortho intramolecular Hbond substituents is 1. The van der Waals surface area contributed by atoms with Crippen LogP contribution in [0.15, 0.2) is 34.9 Å². The number of phenols is 1. The summed E-state index contributed by atoms with van der Waals surface area (Å²) in [6, 6.07) is 0. The minimum absolute atomic E-state index is 0.228. The van der Waals surface area contributed by atoms with Gasteiger partial charge in [-0.15, -0.1) is 0 Å². The zero-order valence-electron chi connectivity index (χ0n) is 25.9. The van der Waals surface area contributed by atoms with E-state index in [0.29, 0.717) is 24.4 Å². The van der Waals surface area contributed by atoms with Crippen molar-refractivity contribution < 1.29 is 19.7 Å². The third-order valence-corrected chi connectivity index (χ3v) is 7.73. The number of aliphatic carboxylic acids is 1. The number of ether oxygens (including phenoxy) is 1. The number of hydrogen-bond acceptors (Lipinski definition) is 5. The molecule has 0 unspecified atom stereocenters. The van der Waals surface area contributed by atoms with Gasteiger partial charge in [0, 0.05) is 35.4 Å². The molecule has 39 heavy (non-hydrogen) atoms. The molecule has 1 aromatic carbocycles. The topological polar surface area (TPSA) is 73.2 Å². The molecule has 1 aliphatic heterocycles. The van der Waals surface area contributed by atoms with Gasteiger partial charge in [0.15, 0.2) is 0 Å². The lowest BCUT2D eigenvalue weighted by Gasteiger charge is -2.39. The maximum Gasteiger partial charge on any atom is 0.330 e. The normalized spacial score (nSPS) is 18.5. The summed E-state index contributed by atoms with van der Waals surface area (Å²) in [5, 5.41) is 20.2. The maximum atomic E-state index is 11.2. The van der Waals surface area contributed by atoms with Crippen molar-refractivity contribution in [3.05, 3.63) is 57.2 Å². The summed E-state index contributed by atoms with van der Waals surface area (Å²) in [6.45, 7) is 11.7. The number of carboxylic acids is 1. The van der Waals surface area contributed by atoms with Crippen LogP contribution in [0.5, 0.6) is 11.5 Å². The monoisotopic (exact) mass is 540 g/mol. The molecule has 0 aliphatic carbocycles. The fourth-order valence-corrected chi connectivity index (χ4v) is 5.24. The van der Waals surface area contributed by atoms with Crippen LogP contribution in [0.4, 0.5) is 0 Å². The largest absolute Gasteiger partial charge is 0.507 e. The summed E-state index contributed by atoms with van der Waals surface area (Å²) in [6.07, 6.45) is 13.9. The first-order chi connectivity index (χ1) is 18.2. The summed E-state index contributed by atoms with van der Waals surface area (Å²) < 4.78 is 6.78. The molecule has 1 aliphatic rings. The number of aromatic hydroxyl groups is 1. The summed E-state index contributed by atoms with van der Waals surface area (Å²) in [5.74, 6) is 0.562. The smallest absolute Gasteiger partial charge is 0.330 e. The molecule has 0 amide bonds. The number of nitrogens with zero attached hydrogens (tertiary/aromatic N) is 2. The van der Waals surface area contributed by atoms with Crippen LogP contribution in [0.25, 0.3) is 0 Å². The predicted octanol–water partition coefficient (Wildman–Crippen LogP) is 7.17. The van der Waals surface area contributed by atoms with Gasteiger partial charge in [-0.25, -0.2) is 4.79 Å². The Hall–Kier alpha value is -2.57. The van der Waals surface area contributed by atoms with Crippen LogP contribution >= 0.6 is 0 Å². The second-order valence-corrected chi connectivity index (χ2v) is 12.2. The maximum absolute atomic E-state index is 11.2. The van der Waals surface area contributed by atoms with Crippen molar-refractivity contribution in [2.45, 2.75) is 105 Å². The molecule has 2 rings (SSSR count). The molecular formula is C33H52N2O4. The van der Waals surface area contributed by atoms with Crippen LogP contribution in [0.2, 0.25) is 0 Å². The number of carbonyl (C=O) groups is 1. The molecule has 2 N–H and O–H groups in total. The van der Waals surface area contributed by atoms with E-state index in [9.17, 15) is 9.90 Å². The van der Waals surface area contributed by atoms with Gasteiger partial charge in [-0.3, -0.25) is 0 Å². The highest BCUT2D eigenvalue weighted by atomic mass is 16.5. The molecule has 0 radical (unpaired) electrons. The molecule has 0 aromatic heterocycles. The minimum Gasteiger partial charge on any atom is -0.507 e. The second kappa shape index (κ2) is 14.7. The van der Waals surface area contributed by atoms with Crippen molar-refractivity contribution in [2.75, 3.05) is 28.2 Å². The molecule has 6 heteroatoms. The lowest BCUT2D eigenvalue weighted by atomic mass is 9.84. The highest BCUT2D eigenvalue weighted by Gasteiger charge is 2.35.